The van der Waals surface area contributed by atoms with E-state index in [0.717, 1.165) is 11.1 Å². The minimum Gasteiger partial charge on any atom is -0.382 e. The smallest absolute Gasteiger partial charge is 0.138 e. The molecule has 0 aliphatic rings. The van der Waals surface area contributed by atoms with E-state index in [1.165, 1.54) is 6.33 Å². The molecule has 3 aromatic rings. The van der Waals surface area contributed by atoms with Gasteiger partial charge in [-0.25, -0.2) is 9.67 Å². The summed E-state index contributed by atoms with van der Waals surface area (Å²) in [4.78, 5) is 3.96. The van der Waals surface area contributed by atoms with Crippen LogP contribution in [0.15, 0.2) is 73.3 Å². The van der Waals surface area contributed by atoms with Gasteiger partial charge in [0.05, 0.1) is 5.70 Å². The molecule has 0 saturated heterocycles. The molecule has 0 spiro atoms. The largest absolute Gasteiger partial charge is 0.382 e. The van der Waals surface area contributed by atoms with E-state index < -0.39 is 6.10 Å². The van der Waals surface area contributed by atoms with Crippen LogP contribution in [-0.2, 0) is 0 Å². The van der Waals surface area contributed by atoms with Crippen molar-refractivity contribution >= 4 is 11.8 Å². The Balaban J connectivity index is 2.03. The number of aliphatic hydroxyl groups is 1. The lowest BCUT2D eigenvalue weighted by Crippen LogP contribution is -2.08. The van der Waals surface area contributed by atoms with Crippen LogP contribution in [0.5, 0.6) is 0 Å². The lowest BCUT2D eigenvalue weighted by atomic mass is 10.0. The first-order valence-corrected chi connectivity index (χ1v) is 6.69. The average Bonchev–Trinajstić information content (AvgIpc) is 3.08. The zero-order chi connectivity index (χ0) is 14.5. The summed E-state index contributed by atoms with van der Waals surface area (Å²) in [5.41, 5.74) is 2.47. The van der Waals surface area contributed by atoms with Gasteiger partial charge in [-0.15, -0.1) is 0 Å². The molecule has 1 N–H and O–H groups in total. The number of rotatable bonds is 4. The third-order valence-electron chi connectivity index (χ3n) is 3.19. The molecule has 1 unspecified atom stereocenters. The van der Waals surface area contributed by atoms with Gasteiger partial charge in [0, 0.05) is 0 Å². The van der Waals surface area contributed by atoms with Gasteiger partial charge in [-0.2, -0.15) is 5.10 Å². The highest BCUT2D eigenvalue weighted by Crippen LogP contribution is 2.26. The number of benzene rings is 2. The molecule has 4 nitrogen and oxygen atoms in total. The molecule has 21 heavy (non-hydrogen) atoms. The molecule has 3 rings (SSSR count). The van der Waals surface area contributed by atoms with Gasteiger partial charge in [-0.05, 0) is 17.2 Å². The van der Waals surface area contributed by atoms with E-state index in [4.69, 9.17) is 0 Å². The number of hydrogen-bond acceptors (Lipinski definition) is 3. The Morgan fingerprint density at radius 3 is 2.29 bits per heavy atom. The first kappa shape index (κ1) is 13.3. The predicted octanol–water partition coefficient (Wildman–Crippen LogP) is 3.01. The summed E-state index contributed by atoms with van der Waals surface area (Å²) in [7, 11) is 0. The second kappa shape index (κ2) is 6.15. The fourth-order valence-corrected chi connectivity index (χ4v) is 2.14. The third-order valence-corrected chi connectivity index (χ3v) is 3.19. The van der Waals surface area contributed by atoms with Crippen LogP contribution in [0.4, 0.5) is 0 Å². The summed E-state index contributed by atoms with van der Waals surface area (Å²) in [5.74, 6) is 0. The van der Waals surface area contributed by atoms with Crippen molar-refractivity contribution in [3.8, 4) is 0 Å². The van der Waals surface area contributed by atoms with Crippen LogP contribution in [0.1, 0.15) is 17.2 Å². The minimum absolute atomic E-state index is 0.657. The van der Waals surface area contributed by atoms with E-state index in [1.54, 1.807) is 11.0 Å². The third kappa shape index (κ3) is 3.07. The Kier molecular flexibility index (Phi) is 3.89. The molecule has 0 amide bonds. The van der Waals surface area contributed by atoms with E-state index in [1.807, 2.05) is 66.7 Å². The second-order valence-corrected chi connectivity index (χ2v) is 4.63. The van der Waals surface area contributed by atoms with Crippen molar-refractivity contribution in [3.05, 3.63) is 84.4 Å². The molecule has 1 aromatic heterocycles. The van der Waals surface area contributed by atoms with Gasteiger partial charge in [0.1, 0.15) is 18.8 Å². The average molecular weight is 277 g/mol. The first-order chi connectivity index (χ1) is 10.3. The summed E-state index contributed by atoms with van der Waals surface area (Å²) < 4.78 is 1.59. The molecule has 2 aromatic carbocycles. The normalized spacial score (nSPS) is 13.1. The quantitative estimate of drug-likeness (QED) is 0.797. The molecular formula is C17H15N3O. The Hall–Kier alpha value is -2.72. The van der Waals surface area contributed by atoms with E-state index in [2.05, 4.69) is 10.1 Å². The number of aliphatic hydroxyl groups excluding tert-OH is 1. The van der Waals surface area contributed by atoms with Gasteiger partial charge in [-0.1, -0.05) is 60.7 Å². The highest BCUT2D eigenvalue weighted by atomic mass is 16.3. The summed E-state index contributed by atoms with van der Waals surface area (Å²) in [6.45, 7) is 0. The molecule has 0 radical (unpaired) electrons. The van der Waals surface area contributed by atoms with Crippen molar-refractivity contribution in [2.24, 2.45) is 0 Å². The van der Waals surface area contributed by atoms with Crippen LogP contribution in [0.2, 0.25) is 0 Å². The van der Waals surface area contributed by atoms with Crippen LogP contribution in [0.3, 0.4) is 0 Å². The molecule has 4 heteroatoms. The van der Waals surface area contributed by atoms with Gasteiger partial charge in [0.15, 0.2) is 0 Å². The Bertz CT molecular complexity index is 706. The zero-order valence-corrected chi connectivity index (χ0v) is 11.4. The van der Waals surface area contributed by atoms with Crippen molar-refractivity contribution in [2.75, 3.05) is 0 Å². The van der Waals surface area contributed by atoms with Crippen LogP contribution in [0.25, 0.3) is 11.8 Å². The molecule has 0 aliphatic heterocycles. The highest BCUT2D eigenvalue weighted by molar-refractivity contribution is 5.73. The highest BCUT2D eigenvalue weighted by Gasteiger charge is 2.15. The lowest BCUT2D eigenvalue weighted by molar-refractivity contribution is 0.231. The Morgan fingerprint density at radius 1 is 1.00 bits per heavy atom. The maximum Gasteiger partial charge on any atom is 0.138 e. The SMILES string of the molecule is OC(/C(=C\c1ccccc1)n1cncn1)c1ccccc1. The molecular weight excluding hydrogens is 262 g/mol. The standard InChI is InChI=1S/C17H15N3O/c21-17(15-9-5-2-6-10-15)16(20-13-18-12-19-20)11-14-7-3-1-4-8-14/h1-13,17,21H/b16-11+. The topological polar surface area (TPSA) is 50.9 Å². The maximum absolute atomic E-state index is 10.7. The second-order valence-electron chi connectivity index (χ2n) is 4.63. The zero-order valence-electron chi connectivity index (χ0n) is 11.4. The van der Waals surface area contributed by atoms with Crippen LogP contribution in [-0.4, -0.2) is 19.9 Å². The van der Waals surface area contributed by atoms with Crippen LogP contribution < -0.4 is 0 Å². The number of nitrogens with zero attached hydrogens (tertiary/aromatic N) is 3. The molecule has 0 aliphatic carbocycles. The molecule has 0 fully saturated rings. The summed E-state index contributed by atoms with van der Waals surface area (Å²) in [6.07, 6.45) is 4.18. The fraction of sp³-hybridized carbons (Fsp3) is 0.0588. The van der Waals surface area contributed by atoms with E-state index in [0.29, 0.717) is 5.70 Å². The van der Waals surface area contributed by atoms with Crippen molar-refractivity contribution in [2.45, 2.75) is 6.10 Å². The monoisotopic (exact) mass is 277 g/mol. The van der Waals surface area contributed by atoms with Crippen LogP contribution >= 0.6 is 0 Å². The molecule has 1 atom stereocenters. The van der Waals surface area contributed by atoms with Crippen molar-refractivity contribution in [1.29, 1.82) is 0 Å². The van der Waals surface area contributed by atoms with Gasteiger partial charge >= 0.3 is 0 Å². The van der Waals surface area contributed by atoms with Crippen molar-refractivity contribution in [3.63, 3.8) is 0 Å². The maximum atomic E-state index is 10.7. The van der Waals surface area contributed by atoms with Gasteiger partial charge < -0.3 is 5.11 Å². The predicted molar refractivity (Wildman–Crippen MR) is 82.0 cm³/mol. The molecule has 0 bridgehead atoms. The van der Waals surface area contributed by atoms with Gasteiger partial charge in [-0.3, -0.25) is 0 Å². The van der Waals surface area contributed by atoms with E-state index in [9.17, 15) is 5.11 Å². The Labute approximate surface area is 123 Å². The van der Waals surface area contributed by atoms with Crippen LogP contribution in [0, 0.1) is 0 Å². The summed E-state index contributed by atoms with van der Waals surface area (Å²) in [5, 5.41) is 14.8. The fourth-order valence-electron chi connectivity index (χ4n) is 2.14. The van der Waals surface area contributed by atoms with Gasteiger partial charge in [0.25, 0.3) is 0 Å². The number of hydrogen-bond donors (Lipinski definition) is 1. The summed E-state index contributed by atoms with van der Waals surface area (Å²) in [6, 6.07) is 19.3. The molecule has 104 valence electrons. The lowest BCUT2D eigenvalue weighted by Gasteiger charge is -2.15. The Morgan fingerprint density at radius 2 is 1.67 bits per heavy atom. The van der Waals surface area contributed by atoms with E-state index in [-0.39, 0.29) is 0 Å². The minimum atomic E-state index is -0.770. The molecule has 1 heterocycles. The van der Waals surface area contributed by atoms with E-state index >= 15 is 0 Å². The number of aromatic nitrogens is 3. The van der Waals surface area contributed by atoms with Crippen molar-refractivity contribution < 1.29 is 5.11 Å². The summed E-state index contributed by atoms with van der Waals surface area (Å²) >= 11 is 0. The molecule has 0 saturated carbocycles. The van der Waals surface area contributed by atoms with Crippen molar-refractivity contribution in [1.82, 2.24) is 14.8 Å². The first-order valence-electron chi connectivity index (χ1n) is 6.69. The van der Waals surface area contributed by atoms with Gasteiger partial charge in [0.2, 0.25) is 0 Å².